The first-order valence-corrected chi connectivity index (χ1v) is 9.49. The summed E-state index contributed by atoms with van der Waals surface area (Å²) in [5.74, 6) is 0.628. The third-order valence-electron chi connectivity index (χ3n) is 4.86. The minimum Gasteiger partial charge on any atom is -0.454 e. The standard InChI is InChI=1S/C20H24F3N5O2/c1-25-19(26-10-16-6-7-17(30-16)18(24)29)27-15-8-9-28(12-15)11-13-2-4-14(5-3-13)20(21,22)23/h2-7,15H,8-12H2,1H3,(H2,24,29)(H2,25,26,27). The number of rotatable bonds is 6. The average molecular weight is 423 g/mol. The molecule has 1 aliphatic rings. The molecule has 1 fully saturated rings. The second-order valence-corrected chi connectivity index (χ2v) is 7.12. The number of amides is 1. The topological polar surface area (TPSA) is 95.9 Å². The Labute approximate surface area is 172 Å². The van der Waals surface area contributed by atoms with Crippen LogP contribution in [0.15, 0.2) is 45.8 Å². The van der Waals surface area contributed by atoms with Crippen LogP contribution < -0.4 is 16.4 Å². The number of furan rings is 1. The van der Waals surface area contributed by atoms with Crippen LogP contribution in [0.1, 0.15) is 33.9 Å². The van der Waals surface area contributed by atoms with E-state index in [4.69, 9.17) is 10.2 Å². The zero-order valence-corrected chi connectivity index (χ0v) is 16.5. The predicted octanol–water partition coefficient (Wildman–Crippen LogP) is 2.34. The van der Waals surface area contributed by atoms with Gasteiger partial charge < -0.3 is 20.8 Å². The fourth-order valence-corrected chi connectivity index (χ4v) is 3.32. The molecule has 1 amide bonds. The van der Waals surface area contributed by atoms with Crippen molar-refractivity contribution in [2.24, 2.45) is 10.7 Å². The maximum absolute atomic E-state index is 12.7. The van der Waals surface area contributed by atoms with E-state index < -0.39 is 17.6 Å². The molecule has 0 aliphatic carbocycles. The summed E-state index contributed by atoms with van der Waals surface area (Å²) >= 11 is 0. The Bertz CT molecular complexity index is 893. The van der Waals surface area contributed by atoms with Crippen LogP contribution in [0, 0.1) is 0 Å². The highest BCUT2D eigenvalue weighted by atomic mass is 19.4. The number of aliphatic imine (C=N–C) groups is 1. The summed E-state index contributed by atoms with van der Waals surface area (Å²) in [5, 5.41) is 6.44. The Morgan fingerprint density at radius 3 is 2.60 bits per heavy atom. The molecule has 1 unspecified atom stereocenters. The summed E-state index contributed by atoms with van der Waals surface area (Å²) in [4.78, 5) is 17.4. The molecule has 1 aliphatic heterocycles. The quantitative estimate of drug-likeness (QED) is 0.490. The third kappa shape index (κ3) is 5.76. The Morgan fingerprint density at radius 2 is 2.00 bits per heavy atom. The molecule has 162 valence electrons. The largest absolute Gasteiger partial charge is 0.454 e. The average Bonchev–Trinajstić information content (AvgIpc) is 3.34. The van der Waals surface area contributed by atoms with Gasteiger partial charge in [0.2, 0.25) is 0 Å². The Morgan fingerprint density at radius 1 is 1.27 bits per heavy atom. The molecule has 10 heteroatoms. The SMILES string of the molecule is CN=C(NCc1ccc(C(N)=O)o1)NC1CCN(Cc2ccc(C(F)(F)F)cc2)C1. The van der Waals surface area contributed by atoms with E-state index in [1.807, 2.05) is 0 Å². The zero-order chi connectivity index (χ0) is 21.7. The molecule has 0 saturated carbocycles. The van der Waals surface area contributed by atoms with Crippen molar-refractivity contribution < 1.29 is 22.4 Å². The van der Waals surface area contributed by atoms with Crippen LogP contribution in [0.4, 0.5) is 13.2 Å². The molecule has 0 radical (unpaired) electrons. The summed E-state index contributed by atoms with van der Waals surface area (Å²) in [6, 6.07) is 8.62. The van der Waals surface area contributed by atoms with Gasteiger partial charge in [-0.05, 0) is 36.2 Å². The van der Waals surface area contributed by atoms with Gasteiger partial charge in [0, 0.05) is 32.7 Å². The molecule has 30 heavy (non-hydrogen) atoms. The van der Waals surface area contributed by atoms with Crippen LogP contribution in [0.5, 0.6) is 0 Å². The first kappa shape index (κ1) is 21.7. The van der Waals surface area contributed by atoms with E-state index in [1.165, 1.54) is 18.2 Å². The van der Waals surface area contributed by atoms with Crippen LogP contribution in [0.2, 0.25) is 0 Å². The van der Waals surface area contributed by atoms with E-state index in [9.17, 15) is 18.0 Å². The van der Waals surface area contributed by atoms with Crippen molar-refractivity contribution in [2.75, 3.05) is 20.1 Å². The Kier molecular flexibility index (Phi) is 6.66. The van der Waals surface area contributed by atoms with Crippen molar-refractivity contribution in [1.29, 1.82) is 0 Å². The van der Waals surface area contributed by atoms with E-state index in [0.717, 1.165) is 37.2 Å². The van der Waals surface area contributed by atoms with Crippen LogP contribution in [-0.4, -0.2) is 42.9 Å². The number of likely N-dealkylation sites (tertiary alicyclic amines) is 1. The molecule has 1 saturated heterocycles. The molecule has 0 spiro atoms. The molecule has 0 bridgehead atoms. The summed E-state index contributed by atoms with van der Waals surface area (Å²) in [6.07, 6.45) is -3.44. The van der Waals surface area contributed by atoms with Gasteiger partial charge in [0.15, 0.2) is 11.7 Å². The second kappa shape index (κ2) is 9.21. The zero-order valence-electron chi connectivity index (χ0n) is 16.5. The van der Waals surface area contributed by atoms with Gasteiger partial charge in [-0.3, -0.25) is 14.7 Å². The number of halogens is 3. The molecule has 1 aromatic carbocycles. The van der Waals surface area contributed by atoms with Gasteiger partial charge in [0.25, 0.3) is 5.91 Å². The molecule has 4 N–H and O–H groups in total. The van der Waals surface area contributed by atoms with Crippen molar-refractivity contribution in [3.05, 3.63) is 59.0 Å². The van der Waals surface area contributed by atoms with E-state index in [-0.39, 0.29) is 11.8 Å². The van der Waals surface area contributed by atoms with Crippen molar-refractivity contribution in [3.8, 4) is 0 Å². The number of nitrogens with two attached hydrogens (primary N) is 1. The summed E-state index contributed by atoms with van der Waals surface area (Å²) < 4.78 is 43.4. The monoisotopic (exact) mass is 423 g/mol. The highest BCUT2D eigenvalue weighted by Crippen LogP contribution is 2.29. The Hall–Kier alpha value is -3.01. The van der Waals surface area contributed by atoms with Crippen molar-refractivity contribution in [1.82, 2.24) is 15.5 Å². The third-order valence-corrected chi connectivity index (χ3v) is 4.86. The Balaban J connectivity index is 1.46. The summed E-state index contributed by atoms with van der Waals surface area (Å²) in [5.41, 5.74) is 5.37. The number of primary amides is 1. The van der Waals surface area contributed by atoms with Crippen molar-refractivity contribution in [3.63, 3.8) is 0 Å². The van der Waals surface area contributed by atoms with Gasteiger partial charge in [-0.2, -0.15) is 13.2 Å². The van der Waals surface area contributed by atoms with E-state index in [0.29, 0.717) is 24.8 Å². The number of guanidine groups is 1. The molecule has 1 aromatic heterocycles. The van der Waals surface area contributed by atoms with E-state index in [1.54, 1.807) is 13.1 Å². The van der Waals surface area contributed by atoms with Gasteiger partial charge in [-0.15, -0.1) is 0 Å². The van der Waals surface area contributed by atoms with Gasteiger partial charge in [-0.1, -0.05) is 12.1 Å². The van der Waals surface area contributed by atoms with Gasteiger partial charge in [0.05, 0.1) is 12.1 Å². The maximum Gasteiger partial charge on any atom is 0.416 e. The fraction of sp³-hybridized carbons (Fsp3) is 0.400. The number of carbonyl (C=O) groups excluding carboxylic acids is 1. The molecular weight excluding hydrogens is 399 g/mol. The number of alkyl halides is 3. The minimum absolute atomic E-state index is 0.101. The van der Waals surface area contributed by atoms with E-state index in [2.05, 4.69) is 20.5 Å². The molecule has 3 rings (SSSR count). The lowest BCUT2D eigenvalue weighted by molar-refractivity contribution is -0.137. The molecular formula is C20H24F3N5O2. The first-order chi connectivity index (χ1) is 14.2. The molecule has 7 nitrogen and oxygen atoms in total. The van der Waals surface area contributed by atoms with Crippen LogP contribution in [0.25, 0.3) is 0 Å². The predicted molar refractivity (Wildman–Crippen MR) is 106 cm³/mol. The van der Waals surface area contributed by atoms with Gasteiger partial charge >= 0.3 is 6.18 Å². The second-order valence-electron chi connectivity index (χ2n) is 7.12. The summed E-state index contributed by atoms with van der Waals surface area (Å²) in [7, 11) is 1.65. The maximum atomic E-state index is 12.7. The lowest BCUT2D eigenvalue weighted by Gasteiger charge is -2.19. The molecule has 2 heterocycles. The van der Waals surface area contributed by atoms with Crippen LogP contribution >= 0.6 is 0 Å². The van der Waals surface area contributed by atoms with E-state index >= 15 is 0 Å². The van der Waals surface area contributed by atoms with Crippen LogP contribution in [-0.2, 0) is 19.3 Å². The van der Waals surface area contributed by atoms with Crippen LogP contribution in [0.3, 0.4) is 0 Å². The highest BCUT2D eigenvalue weighted by molar-refractivity contribution is 5.89. The number of nitrogens with zero attached hydrogens (tertiary/aromatic N) is 2. The minimum atomic E-state index is -4.32. The van der Waals surface area contributed by atoms with Crippen molar-refractivity contribution in [2.45, 2.75) is 31.7 Å². The van der Waals surface area contributed by atoms with Gasteiger partial charge in [0.1, 0.15) is 5.76 Å². The lowest BCUT2D eigenvalue weighted by Crippen LogP contribution is -2.44. The number of carbonyl (C=O) groups is 1. The fourth-order valence-electron chi connectivity index (χ4n) is 3.32. The molecule has 1 atom stereocenters. The van der Waals surface area contributed by atoms with Gasteiger partial charge in [-0.25, -0.2) is 0 Å². The normalized spacial score (nSPS) is 17.9. The number of nitrogens with one attached hydrogen (secondary N) is 2. The highest BCUT2D eigenvalue weighted by Gasteiger charge is 2.30. The van der Waals surface area contributed by atoms with Crippen molar-refractivity contribution >= 4 is 11.9 Å². The molecule has 2 aromatic rings. The summed E-state index contributed by atoms with van der Waals surface area (Å²) in [6.45, 7) is 2.50. The lowest BCUT2D eigenvalue weighted by atomic mass is 10.1. The number of hydrogen-bond acceptors (Lipinski definition) is 4. The number of hydrogen-bond donors (Lipinski definition) is 3. The number of benzene rings is 1. The first-order valence-electron chi connectivity index (χ1n) is 9.49. The smallest absolute Gasteiger partial charge is 0.416 e.